The summed E-state index contributed by atoms with van der Waals surface area (Å²) in [5, 5.41) is 0.480. The van der Waals surface area contributed by atoms with Crippen LogP contribution < -0.4 is 4.74 Å². The molecule has 128 valence electrons. The van der Waals surface area contributed by atoms with E-state index in [2.05, 4.69) is 0 Å². The third kappa shape index (κ3) is 5.18. The van der Waals surface area contributed by atoms with Crippen molar-refractivity contribution in [2.45, 2.75) is 30.5 Å². The average molecular weight is 364 g/mol. The smallest absolute Gasteiger partial charge is 0.235 e. The summed E-state index contributed by atoms with van der Waals surface area (Å²) in [6.45, 7) is 5.08. The summed E-state index contributed by atoms with van der Waals surface area (Å²) < 4.78 is 5.43. The Morgan fingerprint density at radius 1 is 1.21 bits per heavy atom. The van der Waals surface area contributed by atoms with Crippen LogP contribution >= 0.6 is 23.4 Å². The van der Waals surface area contributed by atoms with Crippen molar-refractivity contribution in [3.05, 3.63) is 59.1 Å². The molecule has 0 fully saturated rings. The van der Waals surface area contributed by atoms with Crippen molar-refractivity contribution in [1.29, 1.82) is 0 Å². The van der Waals surface area contributed by atoms with Gasteiger partial charge in [0.15, 0.2) is 0 Å². The average Bonchev–Trinajstić information content (AvgIpc) is 2.58. The third-order valence-electron chi connectivity index (χ3n) is 3.52. The van der Waals surface area contributed by atoms with Crippen LogP contribution in [0.25, 0.3) is 0 Å². The number of halogens is 1. The van der Waals surface area contributed by atoms with Gasteiger partial charge in [-0.3, -0.25) is 4.79 Å². The van der Waals surface area contributed by atoms with Crippen LogP contribution in [0.5, 0.6) is 5.75 Å². The van der Waals surface area contributed by atoms with E-state index in [1.165, 1.54) is 11.8 Å². The number of hydrogen-bond acceptors (Lipinski definition) is 3. The lowest BCUT2D eigenvalue weighted by Gasteiger charge is -2.21. The van der Waals surface area contributed by atoms with Gasteiger partial charge < -0.3 is 9.64 Å². The second-order valence-electron chi connectivity index (χ2n) is 5.46. The van der Waals surface area contributed by atoms with E-state index < -0.39 is 0 Å². The molecule has 5 heteroatoms. The molecule has 1 amide bonds. The molecule has 24 heavy (non-hydrogen) atoms. The number of ether oxygens (including phenoxy) is 1. The van der Waals surface area contributed by atoms with Crippen LogP contribution in [0.3, 0.4) is 0 Å². The van der Waals surface area contributed by atoms with Crippen LogP contribution in [-0.4, -0.2) is 29.7 Å². The first-order valence-electron chi connectivity index (χ1n) is 7.89. The largest absolute Gasteiger partial charge is 0.494 e. The summed E-state index contributed by atoms with van der Waals surface area (Å²) in [6.07, 6.45) is 0. The van der Waals surface area contributed by atoms with Crippen LogP contribution in [-0.2, 0) is 11.3 Å². The Kier molecular flexibility index (Phi) is 7.00. The van der Waals surface area contributed by atoms with Gasteiger partial charge in [0, 0.05) is 18.5 Å². The summed E-state index contributed by atoms with van der Waals surface area (Å²) in [4.78, 5) is 15.2. The quantitative estimate of drug-likeness (QED) is 0.657. The van der Waals surface area contributed by atoms with E-state index in [9.17, 15) is 4.79 Å². The third-order valence-corrected chi connectivity index (χ3v) is 5.13. The fourth-order valence-corrected chi connectivity index (χ4v) is 3.57. The molecular formula is C19H22ClNO2S. The molecule has 0 N–H and O–H groups in total. The van der Waals surface area contributed by atoms with E-state index >= 15 is 0 Å². The molecule has 2 rings (SSSR count). The maximum atomic E-state index is 12.6. The lowest BCUT2D eigenvalue weighted by molar-refractivity contribution is -0.129. The van der Waals surface area contributed by atoms with Crippen molar-refractivity contribution in [2.75, 3.05) is 13.7 Å². The fourth-order valence-electron chi connectivity index (χ4n) is 2.30. The molecule has 2 aromatic carbocycles. The van der Waals surface area contributed by atoms with Crippen LogP contribution in [0.4, 0.5) is 0 Å². The van der Waals surface area contributed by atoms with Crippen molar-refractivity contribution < 1.29 is 9.53 Å². The second-order valence-corrected chi connectivity index (χ2v) is 7.25. The number of nitrogens with zero attached hydrogens (tertiary/aromatic N) is 1. The number of carbonyl (C=O) groups excluding carboxylic acids is 1. The van der Waals surface area contributed by atoms with Crippen LogP contribution in [0.2, 0.25) is 5.02 Å². The molecule has 0 aliphatic rings. The maximum Gasteiger partial charge on any atom is 0.235 e. The van der Waals surface area contributed by atoms with Crippen molar-refractivity contribution >= 4 is 29.3 Å². The van der Waals surface area contributed by atoms with Gasteiger partial charge in [0.05, 0.1) is 16.9 Å². The number of thioether (sulfide) groups is 1. The van der Waals surface area contributed by atoms with E-state index in [1.54, 1.807) is 4.90 Å². The standard InChI is InChI=1S/C19H22ClNO2S/c1-4-23-16-11-9-15(10-12-16)13-21(3)19(22)14(2)24-18-8-6-5-7-17(18)20/h5-12,14H,4,13H2,1-3H3. The highest BCUT2D eigenvalue weighted by Gasteiger charge is 2.19. The molecule has 0 aliphatic carbocycles. The van der Waals surface area contributed by atoms with E-state index in [4.69, 9.17) is 16.3 Å². The van der Waals surface area contributed by atoms with E-state index in [-0.39, 0.29) is 11.2 Å². The SMILES string of the molecule is CCOc1ccc(CN(C)C(=O)C(C)Sc2ccccc2Cl)cc1. The summed E-state index contributed by atoms with van der Waals surface area (Å²) in [6, 6.07) is 15.4. The Balaban J connectivity index is 1.94. The second kappa shape index (κ2) is 9.00. The van der Waals surface area contributed by atoms with Gasteiger partial charge in [0.1, 0.15) is 5.75 Å². The van der Waals surface area contributed by atoms with Gasteiger partial charge in [-0.15, -0.1) is 11.8 Å². The Bertz CT molecular complexity index is 675. The van der Waals surface area contributed by atoms with E-state index in [0.29, 0.717) is 18.2 Å². The minimum Gasteiger partial charge on any atom is -0.494 e. The molecule has 0 aliphatic heterocycles. The molecule has 0 radical (unpaired) electrons. The van der Waals surface area contributed by atoms with Crippen LogP contribution in [0.15, 0.2) is 53.4 Å². The molecule has 2 aromatic rings. The topological polar surface area (TPSA) is 29.5 Å². The Morgan fingerprint density at radius 2 is 1.88 bits per heavy atom. The predicted octanol–water partition coefficient (Wildman–Crippen LogP) is 4.88. The molecule has 0 heterocycles. The van der Waals surface area contributed by atoms with Gasteiger partial charge >= 0.3 is 0 Å². The van der Waals surface area contributed by atoms with Crippen molar-refractivity contribution in [2.24, 2.45) is 0 Å². The van der Waals surface area contributed by atoms with Gasteiger partial charge in [-0.1, -0.05) is 35.9 Å². The minimum absolute atomic E-state index is 0.0776. The summed E-state index contributed by atoms with van der Waals surface area (Å²) in [5.41, 5.74) is 1.07. The highest BCUT2D eigenvalue weighted by Crippen LogP contribution is 2.30. The predicted molar refractivity (Wildman–Crippen MR) is 101 cm³/mol. The first-order chi connectivity index (χ1) is 11.5. The number of carbonyl (C=O) groups is 1. The first-order valence-corrected chi connectivity index (χ1v) is 9.15. The zero-order valence-corrected chi connectivity index (χ0v) is 15.7. The summed E-state index contributed by atoms with van der Waals surface area (Å²) in [7, 11) is 1.82. The monoisotopic (exact) mass is 363 g/mol. The van der Waals surface area contributed by atoms with Crippen molar-refractivity contribution in [1.82, 2.24) is 4.90 Å². The first kappa shape index (κ1) is 18.7. The van der Waals surface area contributed by atoms with Crippen LogP contribution in [0.1, 0.15) is 19.4 Å². The molecule has 0 saturated carbocycles. The molecule has 0 aromatic heterocycles. The summed E-state index contributed by atoms with van der Waals surface area (Å²) >= 11 is 7.65. The number of benzene rings is 2. The number of rotatable bonds is 7. The normalized spacial score (nSPS) is 11.8. The van der Waals surface area contributed by atoms with Gasteiger partial charge in [0.25, 0.3) is 0 Å². The number of hydrogen-bond donors (Lipinski definition) is 0. The molecule has 3 nitrogen and oxygen atoms in total. The molecular weight excluding hydrogens is 342 g/mol. The summed E-state index contributed by atoms with van der Waals surface area (Å²) in [5.74, 6) is 0.923. The van der Waals surface area contributed by atoms with E-state index in [0.717, 1.165) is 16.2 Å². The number of amides is 1. The van der Waals surface area contributed by atoms with Crippen molar-refractivity contribution in [3.8, 4) is 5.75 Å². The lowest BCUT2D eigenvalue weighted by Crippen LogP contribution is -2.32. The van der Waals surface area contributed by atoms with Crippen molar-refractivity contribution in [3.63, 3.8) is 0 Å². The molecule has 0 saturated heterocycles. The Morgan fingerprint density at radius 3 is 2.50 bits per heavy atom. The molecule has 1 atom stereocenters. The lowest BCUT2D eigenvalue weighted by atomic mass is 10.2. The highest BCUT2D eigenvalue weighted by atomic mass is 35.5. The highest BCUT2D eigenvalue weighted by molar-refractivity contribution is 8.00. The van der Waals surface area contributed by atoms with Gasteiger partial charge in [-0.05, 0) is 43.7 Å². The van der Waals surface area contributed by atoms with Gasteiger partial charge in [-0.2, -0.15) is 0 Å². The Hall–Kier alpha value is -1.65. The van der Waals surface area contributed by atoms with Gasteiger partial charge in [-0.25, -0.2) is 0 Å². The van der Waals surface area contributed by atoms with Gasteiger partial charge in [0.2, 0.25) is 5.91 Å². The minimum atomic E-state index is -0.197. The molecule has 0 spiro atoms. The Labute approximate surface area is 153 Å². The zero-order valence-electron chi connectivity index (χ0n) is 14.2. The van der Waals surface area contributed by atoms with E-state index in [1.807, 2.05) is 69.4 Å². The zero-order chi connectivity index (χ0) is 17.5. The fraction of sp³-hybridized carbons (Fsp3) is 0.316. The van der Waals surface area contributed by atoms with Crippen LogP contribution in [0, 0.1) is 0 Å². The molecule has 1 unspecified atom stereocenters. The maximum absolute atomic E-state index is 12.6. The molecule has 0 bridgehead atoms.